The zero-order chi connectivity index (χ0) is 16.5. The van der Waals surface area contributed by atoms with E-state index in [1.807, 2.05) is 0 Å². The number of ether oxygens (including phenoxy) is 1. The van der Waals surface area contributed by atoms with Gasteiger partial charge in [0.15, 0.2) is 0 Å². The number of amides is 2. The second-order valence-corrected chi connectivity index (χ2v) is 6.83. The van der Waals surface area contributed by atoms with Crippen molar-refractivity contribution in [2.75, 3.05) is 27.2 Å². The fraction of sp³-hybridized carbons (Fsp3) is 0.714. The van der Waals surface area contributed by atoms with Crippen LogP contribution < -0.4 is 4.74 Å². The standard InChI is InChI=1S/C14H23N5O3/c1-14(2,3)9-6-7-19(8-9)11(20)10-15-12(17-16-10)22-13(21)18(4)5/h9H,6-8H2,1-5H3,(H,15,16,17). The minimum Gasteiger partial charge on any atom is -0.373 e. The van der Waals surface area contributed by atoms with Crippen LogP contribution in [-0.4, -0.2) is 64.2 Å². The number of hydrogen-bond acceptors (Lipinski definition) is 5. The molecule has 1 saturated heterocycles. The summed E-state index contributed by atoms with van der Waals surface area (Å²) in [6, 6.07) is -0.145. The molecule has 1 unspecified atom stereocenters. The van der Waals surface area contributed by atoms with Gasteiger partial charge in [-0.1, -0.05) is 20.8 Å². The maximum absolute atomic E-state index is 12.4. The summed E-state index contributed by atoms with van der Waals surface area (Å²) in [6.45, 7) is 7.95. The number of carbonyl (C=O) groups is 2. The fourth-order valence-corrected chi connectivity index (χ4v) is 2.36. The summed E-state index contributed by atoms with van der Waals surface area (Å²) in [5.74, 6) is 0.341. The van der Waals surface area contributed by atoms with Crippen LogP contribution in [0.5, 0.6) is 6.01 Å². The third-order valence-corrected chi connectivity index (χ3v) is 3.91. The number of aromatic nitrogens is 3. The van der Waals surface area contributed by atoms with Gasteiger partial charge in [0.1, 0.15) is 0 Å². The van der Waals surface area contributed by atoms with Gasteiger partial charge in [0.2, 0.25) is 5.82 Å². The molecule has 1 aliphatic heterocycles. The van der Waals surface area contributed by atoms with Crippen LogP contribution in [0.15, 0.2) is 0 Å². The molecule has 8 nitrogen and oxygen atoms in total. The van der Waals surface area contributed by atoms with Crippen LogP contribution in [-0.2, 0) is 0 Å². The van der Waals surface area contributed by atoms with Crippen LogP contribution >= 0.6 is 0 Å². The molecule has 8 heteroatoms. The van der Waals surface area contributed by atoms with Gasteiger partial charge in [-0.3, -0.25) is 9.89 Å². The van der Waals surface area contributed by atoms with Crippen molar-refractivity contribution in [3.63, 3.8) is 0 Å². The third-order valence-electron chi connectivity index (χ3n) is 3.91. The molecule has 0 saturated carbocycles. The maximum atomic E-state index is 12.4. The van der Waals surface area contributed by atoms with Crippen molar-refractivity contribution in [1.82, 2.24) is 25.0 Å². The average Bonchev–Trinajstić information content (AvgIpc) is 3.05. The lowest BCUT2D eigenvalue weighted by Gasteiger charge is -2.26. The molecule has 2 rings (SSSR count). The molecule has 0 radical (unpaired) electrons. The van der Waals surface area contributed by atoms with E-state index in [0.29, 0.717) is 19.0 Å². The fourth-order valence-electron chi connectivity index (χ4n) is 2.36. The summed E-state index contributed by atoms with van der Waals surface area (Å²) >= 11 is 0. The first kappa shape index (κ1) is 16.3. The van der Waals surface area contributed by atoms with E-state index in [9.17, 15) is 9.59 Å². The zero-order valence-corrected chi connectivity index (χ0v) is 13.7. The van der Waals surface area contributed by atoms with Crippen molar-refractivity contribution < 1.29 is 14.3 Å². The summed E-state index contributed by atoms with van der Waals surface area (Å²) in [7, 11) is 3.11. The Bertz CT molecular complexity index is 561. The van der Waals surface area contributed by atoms with Gasteiger partial charge < -0.3 is 14.5 Å². The number of H-pyrrole nitrogens is 1. The van der Waals surface area contributed by atoms with E-state index in [1.54, 1.807) is 19.0 Å². The molecule has 1 aromatic rings. The van der Waals surface area contributed by atoms with Gasteiger partial charge in [-0.05, 0) is 17.8 Å². The summed E-state index contributed by atoms with van der Waals surface area (Å²) in [4.78, 5) is 30.8. The Morgan fingerprint density at radius 3 is 2.59 bits per heavy atom. The molecule has 2 heterocycles. The number of rotatable bonds is 2. The number of likely N-dealkylation sites (tertiary alicyclic amines) is 1. The molecule has 1 atom stereocenters. The SMILES string of the molecule is CN(C)C(=O)Oc1n[nH]c(C(=O)N2CCC(C(C)(C)C)C2)n1. The van der Waals surface area contributed by atoms with Crippen LogP contribution in [0.4, 0.5) is 4.79 Å². The molecule has 1 aliphatic rings. The highest BCUT2D eigenvalue weighted by atomic mass is 16.6. The van der Waals surface area contributed by atoms with Crippen molar-refractivity contribution >= 4 is 12.0 Å². The molecule has 1 fully saturated rings. The number of hydrogen-bond donors (Lipinski definition) is 1. The highest BCUT2D eigenvalue weighted by Crippen LogP contribution is 2.33. The smallest absolute Gasteiger partial charge is 0.373 e. The van der Waals surface area contributed by atoms with Gasteiger partial charge in [0.05, 0.1) is 0 Å². The van der Waals surface area contributed by atoms with Crippen molar-refractivity contribution in [2.24, 2.45) is 11.3 Å². The largest absolute Gasteiger partial charge is 0.417 e. The van der Waals surface area contributed by atoms with Crippen molar-refractivity contribution in [1.29, 1.82) is 0 Å². The number of carbonyl (C=O) groups excluding carboxylic acids is 2. The topological polar surface area (TPSA) is 91.4 Å². The lowest BCUT2D eigenvalue weighted by atomic mass is 9.80. The molecule has 1 aromatic heterocycles. The second kappa shape index (κ2) is 5.94. The molecule has 1 N–H and O–H groups in total. The maximum Gasteiger partial charge on any atom is 0.417 e. The third kappa shape index (κ3) is 3.55. The van der Waals surface area contributed by atoms with Crippen LogP contribution in [0.2, 0.25) is 0 Å². The van der Waals surface area contributed by atoms with E-state index in [1.165, 1.54) is 4.90 Å². The van der Waals surface area contributed by atoms with E-state index in [2.05, 4.69) is 36.0 Å². The first-order chi connectivity index (χ1) is 10.2. The molecule has 2 amide bonds. The van der Waals surface area contributed by atoms with E-state index in [-0.39, 0.29) is 23.2 Å². The summed E-state index contributed by atoms with van der Waals surface area (Å²) in [5, 5.41) is 6.28. The molecule has 0 spiro atoms. The summed E-state index contributed by atoms with van der Waals surface area (Å²) in [6.07, 6.45) is 0.387. The molecular formula is C14H23N5O3. The Morgan fingerprint density at radius 1 is 1.36 bits per heavy atom. The molecular weight excluding hydrogens is 286 g/mol. The quantitative estimate of drug-likeness (QED) is 0.891. The Balaban J connectivity index is 2.00. The molecule has 22 heavy (non-hydrogen) atoms. The Hall–Kier alpha value is -2.12. The molecule has 0 aliphatic carbocycles. The number of aromatic amines is 1. The highest BCUT2D eigenvalue weighted by Gasteiger charge is 2.35. The first-order valence-electron chi connectivity index (χ1n) is 7.29. The molecule has 0 aromatic carbocycles. The minimum absolute atomic E-state index is 0.0936. The van der Waals surface area contributed by atoms with Crippen LogP contribution in [0.25, 0.3) is 0 Å². The van der Waals surface area contributed by atoms with Crippen LogP contribution in [0.1, 0.15) is 37.8 Å². The van der Waals surface area contributed by atoms with E-state index < -0.39 is 6.09 Å². The number of nitrogens with zero attached hydrogens (tertiary/aromatic N) is 4. The van der Waals surface area contributed by atoms with Crippen LogP contribution in [0.3, 0.4) is 0 Å². The Kier molecular flexibility index (Phi) is 4.39. The summed E-state index contributed by atoms with van der Waals surface area (Å²) in [5.41, 5.74) is 0.169. The highest BCUT2D eigenvalue weighted by molar-refractivity contribution is 5.90. The molecule has 122 valence electrons. The van der Waals surface area contributed by atoms with Crippen molar-refractivity contribution in [3.05, 3.63) is 5.82 Å². The second-order valence-electron chi connectivity index (χ2n) is 6.83. The van der Waals surface area contributed by atoms with Gasteiger partial charge >= 0.3 is 12.1 Å². The van der Waals surface area contributed by atoms with Gasteiger partial charge in [-0.2, -0.15) is 4.98 Å². The van der Waals surface area contributed by atoms with Gasteiger partial charge in [0.25, 0.3) is 5.91 Å². The van der Waals surface area contributed by atoms with E-state index in [0.717, 1.165) is 6.42 Å². The van der Waals surface area contributed by atoms with E-state index in [4.69, 9.17) is 4.74 Å². The predicted octanol–water partition coefficient (Wildman–Crippen LogP) is 1.37. The monoisotopic (exact) mass is 309 g/mol. The lowest BCUT2D eigenvalue weighted by Crippen LogP contribution is -2.31. The number of nitrogens with one attached hydrogen (secondary N) is 1. The van der Waals surface area contributed by atoms with Crippen LogP contribution in [0, 0.1) is 11.3 Å². The van der Waals surface area contributed by atoms with Gasteiger partial charge in [-0.25, -0.2) is 4.79 Å². The lowest BCUT2D eigenvalue weighted by molar-refractivity contribution is 0.0764. The minimum atomic E-state index is -0.591. The summed E-state index contributed by atoms with van der Waals surface area (Å²) < 4.78 is 4.91. The molecule has 0 bridgehead atoms. The normalized spacial score (nSPS) is 18.4. The average molecular weight is 309 g/mol. The first-order valence-corrected chi connectivity index (χ1v) is 7.29. The predicted molar refractivity (Wildman–Crippen MR) is 79.6 cm³/mol. The van der Waals surface area contributed by atoms with Crippen molar-refractivity contribution in [2.45, 2.75) is 27.2 Å². The van der Waals surface area contributed by atoms with Gasteiger partial charge in [-0.15, -0.1) is 5.10 Å². The zero-order valence-electron chi connectivity index (χ0n) is 13.7. The van der Waals surface area contributed by atoms with E-state index >= 15 is 0 Å². The van der Waals surface area contributed by atoms with Crippen molar-refractivity contribution in [3.8, 4) is 6.01 Å². The Labute approximate surface area is 129 Å². The van der Waals surface area contributed by atoms with Gasteiger partial charge in [0, 0.05) is 27.2 Å². The Morgan fingerprint density at radius 2 is 2.05 bits per heavy atom.